The van der Waals surface area contributed by atoms with Gasteiger partial charge in [0.1, 0.15) is 12.3 Å². The van der Waals surface area contributed by atoms with Crippen molar-refractivity contribution in [3.05, 3.63) is 35.1 Å². The summed E-state index contributed by atoms with van der Waals surface area (Å²) < 4.78 is 53.1. The summed E-state index contributed by atoms with van der Waals surface area (Å²) in [6, 6.07) is 0. The van der Waals surface area contributed by atoms with Crippen LogP contribution >= 0.6 is 15.9 Å². The monoisotopic (exact) mass is 245 g/mol. The van der Waals surface area contributed by atoms with Gasteiger partial charge in [0.05, 0.1) is 22.2 Å². The highest BCUT2D eigenvalue weighted by Gasteiger charge is 1.98. The quantitative estimate of drug-likeness (QED) is 0.769. The van der Waals surface area contributed by atoms with E-state index in [1.807, 2.05) is 0 Å². The first kappa shape index (κ1) is 3.49. The molecule has 2 aromatic heterocycles. The van der Waals surface area contributed by atoms with Crippen molar-refractivity contribution >= 4 is 15.9 Å². The third-order valence-corrected chi connectivity index (χ3v) is 1.55. The van der Waals surface area contributed by atoms with Crippen molar-refractivity contribution in [3.63, 3.8) is 0 Å². The fourth-order valence-corrected chi connectivity index (χ4v) is 0.882. The molecule has 0 atom stereocenters. The molecule has 0 amide bonds. The molecule has 0 fully saturated rings. The Balaban J connectivity index is 2.72. The number of imidazole rings is 1. The van der Waals surface area contributed by atoms with Crippen molar-refractivity contribution < 1.29 is 9.60 Å². The van der Waals surface area contributed by atoms with Gasteiger partial charge in [-0.2, -0.15) is 0 Å². The van der Waals surface area contributed by atoms with Gasteiger partial charge in [0.25, 0.3) is 0 Å². The molecule has 5 heteroatoms. The van der Waals surface area contributed by atoms with Crippen LogP contribution in [0.1, 0.15) is 15.3 Å². The first-order chi connectivity index (χ1) is 9.12. The topological polar surface area (TPSA) is 43.6 Å². The maximum absolute atomic E-state index is 7.78. The zero-order chi connectivity index (χ0) is 15.2. The molecule has 2 rings (SSSR count). The van der Waals surface area contributed by atoms with E-state index in [2.05, 4.69) is 30.9 Å². The SMILES string of the molecule is [2H]c1nc(-n2c([2H])nc(C([2H])([2H])[2H])c2[2H])c([2H])nc1Br. The fourth-order valence-electron chi connectivity index (χ4n) is 0.704. The molecule has 0 aliphatic carbocycles. The third-order valence-electron chi connectivity index (χ3n) is 1.20. The summed E-state index contributed by atoms with van der Waals surface area (Å²) in [5, 5.41) is 0. The normalized spacial score (nSPS) is 19.0. The van der Waals surface area contributed by atoms with Crippen LogP contribution in [-0.4, -0.2) is 19.5 Å². The summed E-state index contributed by atoms with van der Waals surface area (Å²) in [6.45, 7) is -2.65. The summed E-state index contributed by atoms with van der Waals surface area (Å²) in [4.78, 5) is 10.9. The van der Waals surface area contributed by atoms with Crippen LogP contribution in [0.25, 0.3) is 5.82 Å². The number of hydrogen-bond acceptors (Lipinski definition) is 3. The molecule has 0 saturated heterocycles. The van der Waals surface area contributed by atoms with Crippen molar-refractivity contribution in [3.8, 4) is 5.82 Å². The number of aromatic nitrogens is 4. The number of rotatable bonds is 1. The van der Waals surface area contributed by atoms with Crippen molar-refractivity contribution in [1.29, 1.82) is 0 Å². The summed E-state index contributed by atoms with van der Waals surface area (Å²) >= 11 is 2.94. The van der Waals surface area contributed by atoms with Gasteiger partial charge in [-0.25, -0.2) is 15.0 Å². The van der Waals surface area contributed by atoms with Crippen molar-refractivity contribution in [2.24, 2.45) is 0 Å². The van der Waals surface area contributed by atoms with Crippen LogP contribution in [0.3, 0.4) is 0 Å². The summed E-state index contributed by atoms with van der Waals surface area (Å²) in [6.07, 6.45) is -1.81. The first-order valence-electron chi connectivity index (χ1n) is 6.70. The van der Waals surface area contributed by atoms with Crippen LogP contribution in [-0.2, 0) is 0 Å². The minimum absolute atomic E-state index is 0.0421. The number of aryl methyl sites for hydroxylation is 1. The van der Waals surface area contributed by atoms with Gasteiger partial charge < -0.3 is 0 Å². The highest BCUT2D eigenvalue weighted by molar-refractivity contribution is 9.10. The zero-order valence-electron chi connectivity index (χ0n) is 13.2. The van der Waals surface area contributed by atoms with Crippen molar-refractivity contribution in [2.45, 2.75) is 6.85 Å². The first-order valence-corrected chi connectivity index (χ1v) is 3.99. The molecule has 0 N–H and O–H groups in total. The highest BCUT2D eigenvalue weighted by Crippen LogP contribution is 2.07. The van der Waals surface area contributed by atoms with E-state index in [9.17, 15) is 0 Å². The molecule has 2 aromatic rings. The molecular formula is C8H7BrN4. The lowest BCUT2D eigenvalue weighted by Gasteiger charge is -1.98. The summed E-state index contributed by atoms with van der Waals surface area (Å²) in [5.41, 5.74) is -0.557. The van der Waals surface area contributed by atoms with Crippen LogP contribution in [0, 0.1) is 6.85 Å². The molecule has 4 nitrogen and oxygen atoms in total. The van der Waals surface area contributed by atoms with E-state index in [1.54, 1.807) is 0 Å². The Labute approximate surface area is 93.6 Å². The predicted octanol–water partition coefficient (Wildman–Crippen LogP) is 1.73. The second-order valence-corrected chi connectivity index (χ2v) is 2.82. The second-order valence-electron chi connectivity index (χ2n) is 2.07. The molecule has 0 unspecified atom stereocenters. The van der Waals surface area contributed by atoms with E-state index in [4.69, 9.17) is 9.60 Å². The van der Waals surface area contributed by atoms with Gasteiger partial charge in [0.2, 0.25) is 0 Å². The third kappa shape index (κ3) is 1.75. The Morgan fingerprint density at radius 1 is 1.46 bits per heavy atom. The summed E-state index contributed by atoms with van der Waals surface area (Å²) in [5.74, 6) is -0.281. The predicted molar refractivity (Wildman–Crippen MR) is 51.6 cm³/mol. The summed E-state index contributed by atoms with van der Waals surface area (Å²) in [7, 11) is 0. The van der Waals surface area contributed by atoms with E-state index in [0.29, 0.717) is 0 Å². The zero-order valence-corrected chi connectivity index (χ0v) is 7.75. The molecule has 13 heavy (non-hydrogen) atoms. The lowest BCUT2D eigenvalue weighted by Crippen LogP contribution is -1.94. The highest BCUT2D eigenvalue weighted by atomic mass is 79.9. The van der Waals surface area contributed by atoms with Gasteiger partial charge in [-0.1, -0.05) is 0 Å². The van der Waals surface area contributed by atoms with Crippen molar-refractivity contribution in [1.82, 2.24) is 19.5 Å². The molecule has 0 saturated carbocycles. The lowest BCUT2D eigenvalue weighted by molar-refractivity contribution is 0.963. The largest absolute Gasteiger partial charge is 0.289 e. The molecule has 0 aliphatic heterocycles. The van der Waals surface area contributed by atoms with E-state index in [-0.39, 0.29) is 16.6 Å². The average molecular weight is 246 g/mol. The van der Waals surface area contributed by atoms with Crippen molar-refractivity contribution in [2.75, 3.05) is 0 Å². The van der Waals surface area contributed by atoms with E-state index in [0.717, 1.165) is 4.57 Å². The van der Waals surface area contributed by atoms with Crippen LogP contribution in [0.2, 0.25) is 0 Å². The van der Waals surface area contributed by atoms with Gasteiger partial charge in [-0.05, 0) is 22.8 Å². The maximum Gasteiger partial charge on any atom is 0.156 e. The van der Waals surface area contributed by atoms with Gasteiger partial charge in [0.15, 0.2) is 5.82 Å². The Morgan fingerprint density at radius 2 is 2.38 bits per heavy atom. The van der Waals surface area contributed by atoms with Gasteiger partial charge in [-0.3, -0.25) is 4.57 Å². The number of nitrogens with zero attached hydrogens (tertiary/aromatic N) is 4. The maximum atomic E-state index is 7.78. The molecule has 66 valence electrons. The Bertz CT molecular complexity index is 680. The van der Waals surface area contributed by atoms with Gasteiger partial charge in [0, 0.05) is 10.3 Å². The van der Waals surface area contributed by atoms with E-state index >= 15 is 0 Å². The fraction of sp³-hybridized carbons (Fsp3) is 0.125. The minimum atomic E-state index is -2.65. The Kier molecular flexibility index (Phi) is 0.875. The van der Waals surface area contributed by atoms with Gasteiger partial charge in [-0.15, -0.1) is 0 Å². The standard InChI is InChI=1S/C8H7BrN4/c1-6-4-13(5-12-6)8-3-10-7(9)2-11-8/h2-5H,1H3/i1D3,2D,3D,4D,5D. The van der Waals surface area contributed by atoms with Crippen LogP contribution in [0.15, 0.2) is 29.4 Å². The Morgan fingerprint density at radius 3 is 3.15 bits per heavy atom. The van der Waals surface area contributed by atoms with E-state index < -0.39 is 31.2 Å². The molecule has 2 heterocycles. The minimum Gasteiger partial charge on any atom is -0.289 e. The van der Waals surface area contributed by atoms with E-state index in [1.165, 1.54) is 0 Å². The molecule has 0 aliphatic rings. The lowest BCUT2D eigenvalue weighted by atomic mass is 10.5. The van der Waals surface area contributed by atoms with Crippen LogP contribution in [0.4, 0.5) is 0 Å². The number of hydrogen-bond donors (Lipinski definition) is 0. The van der Waals surface area contributed by atoms with Gasteiger partial charge >= 0.3 is 0 Å². The van der Waals surface area contributed by atoms with Crippen LogP contribution in [0.5, 0.6) is 0 Å². The molecule has 0 bridgehead atoms. The molecule has 0 aromatic carbocycles. The molecule has 0 spiro atoms. The van der Waals surface area contributed by atoms with Crippen LogP contribution < -0.4 is 0 Å². The molecular weight excluding hydrogens is 232 g/mol. The Hall–Kier alpha value is -1.23. The number of halogens is 1. The smallest absolute Gasteiger partial charge is 0.156 e. The average Bonchev–Trinajstić information content (AvgIpc) is 2.60. The second kappa shape index (κ2) is 3.26. The molecule has 0 radical (unpaired) electrons.